The monoisotopic (exact) mass is 536 g/mol. The van der Waals surface area contributed by atoms with Crippen LogP contribution in [0, 0.1) is 6.92 Å². The van der Waals surface area contributed by atoms with Crippen LogP contribution in [0.25, 0.3) is 5.69 Å². The highest BCUT2D eigenvalue weighted by atomic mass is 32.2. The second kappa shape index (κ2) is 10.9. The minimum absolute atomic E-state index is 0.0139. The van der Waals surface area contributed by atoms with Gasteiger partial charge in [0.15, 0.2) is 0 Å². The molecule has 0 aliphatic heterocycles. The molecule has 4 aromatic rings. The first-order valence-corrected chi connectivity index (χ1v) is 13.1. The quantitative estimate of drug-likeness (QED) is 0.351. The first-order chi connectivity index (χ1) is 18.2. The number of nitrogens with one attached hydrogen (secondary N) is 1. The maximum absolute atomic E-state index is 13.7. The molecule has 0 unspecified atom stereocenters. The van der Waals surface area contributed by atoms with Crippen molar-refractivity contribution in [3.63, 3.8) is 0 Å². The third-order valence-corrected chi connectivity index (χ3v) is 7.87. The first kappa shape index (κ1) is 26.6. The van der Waals surface area contributed by atoms with Crippen molar-refractivity contribution < 1.29 is 22.7 Å². The largest absolute Gasteiger partial charge is 0.497 e. The Morgan fingerprint density at radius 3 is 2.18 bits per heavy atom. The van der Waals surface area contributed by atoms with Gasteiger partial charge in [-0.25, -0.2) is 13.1 Å². The number of hydrogen-bond acceptors (Lipinski definition) is 6. The normalized spacial score (nSPS) is 11.2. The minimum Gasteiger partial charge on any atom is -0.497 e. The van der Waals surface area contributed by atoms with E-state index in [9.17, 15) is 18.0 Å². The van der Waals surface area contributed by atoms with Gasteiger partial charge in [-0.05, 0) is 43.3 Å². The van der Waals surface area contributed by atoms with Crippen LogP contribution in [0.5, 0.6) is 11.5 Å². The van der Waals surface area contributed by atoms with Crippen LogP contribution in [0.2, 0.25) is 0 Å². The highest BCUT2D eigenvalue weighted by Gasteiger charge is 2.30. The van der Waals surface area contributed by atoms with Gasteiger partial charge in [-0.3, -0.25) is 18.6 Å². The van der Waals surface area contributed by atoms with Crippen molar-refractivity contribution in [1.29, 1.82) is 0 Å². The number of carbonyl (C=O) groups is 1. The van der Waals surface area contributed by atoms with E-state index in [1.165, 1.54) is 37.1 Å². The summed E-state index contributed by atoms with van der Waals surface area (Å²) >= 11 is 0. The summed E-state index contributed by atoms with van der Waals surface area (Å²) in [7, 11) is 0.334. The van der Waals surface area contributed by atoms with Crippen LogP contribution in [0.15, 0.2) is 88.6 Å². The predicted molar refractivity (Wildman–Crippen MR) is 145 cm³/mol. The molecule has 0 fully saturated rings. The van der Waals surface area contributed by atoms with E-state index in [2.05, 4.69) is 5.32 Å². The number of hydrogen-bond donors (Lipinski definition) is 1. The van der Waals surface area contributed by atoms with Crippen LogP contribution >= 0.6 is 0 Å². The van der Waals surface area contributed by atoms with E-state index in [1.54, 1.807) is 73.3 Å². The fourth-order valence-electron chi connectivity index (χ4n) is 4.03. The molecule has 38 heavy (non-hydrogen) atoms. The lowest BCUT2D eigenvalue weighted by Crippen LogP contribution is -2.39. The zero-order chi connectivity index (χ0) is 27.4. The highest BCUT2D eigenvalue weighted by molar-refractivity contribution is 7.92. The van der Waals surface area contributed by atoms with Gasteiger partial charge in [0, 0.05) is 13.1 Å². The average molecular weight is 537 g/mol. The van der Waals surface area contributed by atoms with Gasteiger partial charge in [-0.15, -0.1) is 0 Å². The van der Waals surface area contributed by atoms with Gasteiger partial charge < -0.3 is 14.8 Å². The lowest BCUT2D eigenvalue weighted by Gasteiger charge is -2.26. The molecule has 10 nitrogen and oxygen atoms in total. The van der Waals surface area contributed by atoms with Crippen LogP contribution in [-0.2, 0) is 21.9 Å². The molecule has 4 rings (SSSR count). The Hall–Kier alpha value is -4.51. The summed E-state index contributed by atoms with van der Waals surface area (Å²) in [6.07, 6.45) is 0. The third-order valence-electron chi connectivity index (χ3n) is 6.09. The molecule has 0 saturated carbocycles. The van der Waals surface area contributed by atoms with E-state index < -0.39 is 28.0 Å². The number of benzene rings is 3. The lowest BCUT2D eigenvalue weighted by atomic mass is 10.2. The minimum atomic E-state index is -4.22. The summed E-state index contributed by atoms with van der Waals surface area (Å²) < 4.78 is 42.2. The number of ether oxygens (including phenoxy) is 2. The molecule has 0 radical (unpaired) electrons. The summed E-state index contributed by atoms with van der Waals surface area (Å²) in [6, 6.07) is 21.4. The van der Waals surface area contributed by atoms with E-state index in [0.29, 0.717) is 17.1 Å². The zero-order valence-corrected chi connectivity index (χ0v) is 22.2. The van der Waals surface area contributed by atoms with Gasteiger partial charge >= 0.3 is 0 Å². The number of sulfonamides is 1. The molecule has 0 atom stereocenters. The number of anilines is 2. The SMILES string of the molecule is COc1ccc(OC)c(N(CC(=O)Nc2c(C)n(C)n(-c3ccccc3)c2=O)S(=O)(=O)c2ccccc2)c1. The molecule has 11 heteroatoms. The summed E-state index contributed by atoms with van der Waals surface area (Å²) in [5.41, 5.74) is 0.843. The van der Waals surface area contributed by atoms with E-state index in [-0.39, 0.29) is 22.0 Å². The van der Waals surface area contributed by atoms with Gasteiger partial charge in [0.1, 0.15) is 23.7 Å². The Labute approximate surface area is 220 Å². The van der Waals surface area contributed by atoms with Crippen LogP contribution in [0.4, 0.5) is 11.4 Å². The number of carbonyl (C=O) groups excluding carboxylic acids is 1. The van der Waals surface area contributed by atoms with Crippen LogP contribution < -0.4 is 24.7 Å². The maximum Gasteiger partial charge on any atom is 0.295 e. The smallest absolute Gasteiger partial charge is 0.295 e. The molecular formula is C27H28N4O6S. The van der Waals surface area contributed by atoms with E-state index in [0.717, 1.165) is 4.31 Å². The molecule has 198 valence electrons. The molecule has 0 bridgehead atoms. The van der Waals surface area contributed by atoms with E-state index in [1.807, 2.05) is 6.07 Å². The lowest BCUT2D eigenvalue weighted by molar-refractivity contribution is -0.114. The van der Waals surface area contributed by atoms with Gasteiger partial charge in [-0.2, -0.15) is 0 Å². The van der Waals surface area contributed by atoms with Gasteiger partial charge in [0.25, 0.3) is 15.6 Å². The molecule has 0 aliphatic rings. The van der Waals surface area contributed by atoms with Crippen molar-refractivity contribution in [3.8, 4) is 17.2 Å². The summed E-state index contributed by atoms with van der Waals surface area (Å²) in [4.78, 5) is 26.6. The van der Waals surface area contributed by atoms with Crippen LogP contribution in [-0.4, -0.2) is 44.5 Å². The third kappa shape index (κ3) is 5.00. The van der Waals surface area contributed by atoms with Crippen molar-refractivity contribution in [2.75, 3.05) is 30.4 Å². The van der Waals surface area contributed by atoms with Crippen LogP contribution in [0.3, 0.4) is 0 Å². The van der Waals surface area contributed by atoms with E-state index >= 15 is 0 Å². The molecule has 1 amide bonds. The van der Waals surface area contributed by atoms with Crippen molar-refractivity contribution in [2.45, 2.75) is 11.8 Å². The fourth-order valence-corrected chi connectivity index (χ4v) is 5.48. The molecule has 0 aliphatic carbocycles. The molecule has 1 aromatic heterocycles. The Morgan fingerprint density at radius 2 is 1.58 bits per heavy atom. The van der Waals surface area contributed by atoms with Crippen molar-refractivity contribution in [2.24, 2.45) is 7.05 Å². The van der Waals surface area contributed by atoms with Gasteiger partial charge in [0.2, 0.25) is 5.91 Å². The Morgan fingerprint density at radius 1 is 0.947 bits per heavy atom. The Bertz CT molecular complexity index is 1610. The Kier molecular flexibility index (Phi) is 7.58. The summed E-state index contributed by atoms with van der Waals surface area (Å²) in [5, 5.41) is 2.63. The van der Waals surface area contributed by atoms with Crippen molar-refractivity contribution in [3.05, 3.63) is 94.9 Å². The molecule has 0 spiro atoms. The number of rotatable bonds is 9. The van der Waals surface area contributed by atoms with Gasteiger partial charge in [-0.1, -0.05) is 36.4 Å². The van der Waals surface area contributed by atoms with Crippen molar-refractivity contribution >= 4 is 27.3 Å². The number of methoxy groups -OCH3 is 2. The second-order valence-electron chi connectivity index (χ2n) is 8.35. The fraction of sp³-hybridized carbons (Fsp3) is 0.185. The van der Waals surface area contributed by atoms with Crippen LogP contribution in [0.1, 0.15) is 5.69 Å². The maximum atomic E-state index is 13.7. The van der Waals surface area contributed by atoms with Crippen molar-refractivity contribution in [1.82, 2.24) is 9.36 Å². The molecule has 3 aromatic carbocycles. The number of aromatic nitrogens is 2. The average Bonchev–Trinajstić information content (AvgIpc) is 3.15. The number of nitrogens with zero attached hydrogens (tertiary/aromatic N) is 3. The number of para-hydroxylation sites is 1. The molecule has 0 saturated heterocycles. The number of amides is 1. The first-order valence-electron chi connectivity index (χ1n) is 11.6. The highest BCUT2D eigenvalue weighted by Crippen LogP contribution is 2.35. The predicted octanol–water partition coefficient (Wildman–Crippen LogP) is 3.34. The second-order valence-corrected chi connectivity index (χ2v) is 10.2. The Balaban J connectivity index is 1.75. The molecule has 1 heterocycles. The zero-order valence-electron chi connectivity index (χ0n) is 21.4. The molecule has 1 N–H and O–H groups in total. The summed E-state index contributed by atoms with van der Waals surface area (Å²) in [5.74, 6) is -0.111. The van der Waals surface area contributed by atoms with E-state index in [4.69, 9.17) is 9.47 Å². The standard InChI is InChI=1S/C27H28N4O6S/c1-19-26(27(33)31(29(19)2)20-11-7-5-8-12-20)28-25(32)18-30(38(34,35)22-13-9-6-10-14-22)23-17-21(36-3)15-16-24(23)37-4/h5-17H,18H2,1-4H3,(H,28,32). The molecular weight excluding hydrogens is 508 g/mol. The van der Waals surface area contributed by atoms with Gasteiger partial charge in [0.05, 0.1) is 36.2 Å². The topological polar surface area (TPSA) is 112 Å². The summed E-state index contributed by atoms with van der Waals surface area (Å²) in [6.45, 7) is 1.07.